The maximum atomic E-state index is 6.14. The van der Waals surface area contributed by atoms with Crippen LogP contribution in [0.1, 0.15) is 31.7 Å². The van der Waals surface area contributed by atoms with Crippen LogP contribution in [0.2, 0.25) is 10.0 Å². The molecule has 0 aromatic heterocycles. The zero-order valence-corrected chi connectivity index (χ0v) is 13.0. The van der Waals surface area contributed by atoms with Gasteiger partial charge in [-0.2, -0.15) is 0 Å². The summed E-state index contributed by atoms with van der Waals surface area (Å²) in [5.41, 5.74) is 1.05. The van der Waals surface area contributed by atoms with E-state index in [2.05, 4.69) is 12.2 Å². The van der Waals surface area contributed by atoms with E-state index in [0.29, 0.717) is 16.0 Å². The van der Waals surface area contributed by atoms with Gasteiger partial charge in [-0.1, -0.05) is 48.7 Å². The molecule has 1 aromatic carbocycles. The molecule has 1 N–H and O–H groups in total. The molecule has 18 heavy (non-hydrogen) atoms. The van der Waals surface area contributed by atoms with Gasteiger partial charge in [0.2, 0.25) is 0 Å². The molecule has 1 aromatic rings. The Morgan fingerprint density at radius 2 is 2.00 bits per heavy atom. The summed E-state index contributed by atoms with van der Waals surface area (Å²) >= 11 is 17.9. The lowest BCUT2D eigenvalue weighted by Crippen LogP contribution is -2.23. The first kappa shape index (κ1) is 16.1. The number of halogens is 3. The molecule has 0 aliphatic carbocycles. The zero-order valence-electron chi connectivity index (χ0n) is 10.7. The van der Waals surface area contributed by atoms with Gasteiger partial charge in [-0.15, -0.1) is 11.6 Å². The zero-order chi connectivity index (χ0) is 13.4. The topological polar surface area (TPSA) is 12.0 Å². The molecule has 0 heterocycles. The first-order valence-electron chi connectivity index (χ1n) is 6.38. The number of benzene rings is 1. The highest BCUT2D eigenvalue weighted by Crippen LogP contribution is 2.25. The normalized spacial score (nSPS) is 12.7. The quantitative estimate of drug-likeness (QED) is 0.657. The van der Waals surface area contributed by atoms with Gasteiger partial charge in [-0.05, 0) is 36.9 Å². The van der Waals surface area contributed by atoms with Crippen LogP contribution in [0.15, 0.2) is 18.2 Å². The third-order valence-corrected chi connectivity index (χ3v) is 4.07. The molecular weight excluding hydrogens is 289 g/mol. The van der Waals surface area contributed by atoms with Gasteiger partial charge >= 0.3 is 0 Å². The smallest absolute Gasteiger partial charge is 0.0637 e. The second-order valence-corrected chi connectivity index (χ2v) is 5.64. The van der Waals surface area contributed by atoms with Crippen LogP contribution in [-0.2, 0) is 6.54 Å². The van der Waals surface area contributed by atoms with Gasteiger partial charge in [0, 0.05) is 12.4 Å². The van der Waals surface area contributed by atoms with Gasteiger partial charge in [0.1, 0.15) is 0 Å². The summed E-state index contributed by atoms with van der Waals surface area (Å²) in [4.78, 5) is 0. The summed E-state index contributed by atoms with van der Waals surface area (Å²) in [6.07, 6.45) is 3.47. The summed E-state index contributed by atoms with van der Waals surface area (Å²) in [6.45, 7) is 3.93. The molecule has 1 atom stereocenters. The highest BCUT2D eigenvalue weighted by atomic mass is 35.5. The molecule has 1 nitrogen and oxygen atoms in total. The molecule has 4 heteroatoms. The van der Waals surface area contributed by atoms with Crippen molar-refractivity contribution in [3.63, 3.8) is 0 Å². The largest absolute Gasteiger partial charge is 0.312 e. The van der Waals surface area contributed by atoms with Crippen LogP contribution in [-0.4, -0.2) is 12.4 Å². The third kappa shape index (κ3) is 5.36. The van der Waals surface area contributed by atoms with E-state index >= 15 is 0 Å². The first-order valence-corrected chi connectivity index (χ1v) is 7.67. The van der Waals surface area contributed by atoms with Crippen LogP contribution in [0, 0.1) is 5.92 Å². The fourth-order valence-corrected chi connectivity index (χ4v) is 2.70. The summed E-state index contributed by atoms with van der Waals surface area (Å²) in [6, 6.07) is 5.73. The number of hydrogen-bond donors (Lipinski definition) is 1. The number of nitrogens with one attached hydrogen (secondary N) is 1. The summed E-state index contributed by atoms with van der Waals surface area (Å²) < 4.78 is 0. The average molecular weight is 309 g/mol. The molecule has 0 saturated carbocycles. The van der Waals surface area contributed by atoms with Crippen molar-refractivity contribution in [3.8, 4) is 0 Å². The monoisotopic (exact) mass is 307 g/mol. The van der Waals surface area contributed by atoms with Crippen LogP contribution >= 0.6 is 34.8 Å². The SMILES string of the molecule is CCCC(CCCl)CNCc1cccc(Cl)c1Cl. The Morgan fingerprint density at radius 1 is 1.22 bits per heavy atom. The van der Waals surface area contributed by atoms with Crippen molar-refractivity contribution >= 4 is 34.8 Å². The molecule has 1 unspecified atom stereocenters. The standard InChI is InChI=1S/C14H20Cl3N/c1-2-4-11(7-8-15)9-18-10-12-5-3-6-13(16)14(12)17/h3,5-6,11,18H,2,4,7-10H2,1H3. The number of hydrogen-bond acceptors (Lipinski definition) is 1. The van der Waals surface area contributed by atoms with Gasteiger partial charge in [-0.3, -0.25) is 0 Å². The summed E-state index contributed by atoms with van der Waals surface area (Å²) in [5, 5.41) is 4.70. The number of rotatable bonds is 8. The van der Waals surface area contributed by atoms with Crippen molar-refractivity contribution < 1.29 is 0 Å². The Bertz CT molecular complexity index is 349. The fourth-order valence-electron chi connectivity index (χ4n) is 2.01. The van der Waals surface area contributed by atoms with E-state index < -0.39 is 0 Å². The molecule has 0 aliphatic heterocycles. The second kappa shape index (κ2) is 9.03. The molecule has 0 saturated heterocycles. The van der Waals surface area contributed by atoms with Crippen molar-refractivity contribution in [3.05, 3.63) is 33.8 Å². The van der Waals surface area contributed by atoms with Gasteiger partial charge < -0.3 is 5.32 Å². The Kier molecular flexibility index (Phi) is 8.08. The van der Waals surface area contributed by atoms with Crippen LogP contribution in [0.5, 0.6) is 0 Å². The molecule has 0 spiro atoms. The lowest BCUT2D eigenvalue weighted by atomic mass is 10.0. The highest BCUT2D eigenvalue weighted by molar-refractivity contribution is 6.42. The van der Waals surface area contributed by atoms with E-state index in [1.807, 2.05) is 12.1 Å². The van der Waals surface area contributed by atoms with E-state index in [9.17, 15) is 0 Å². The van der Waals surface area contributed by atoms with E-state index in [4.69, 9.17) is 34.8 Å². The molecule has 0 radical (unpaired) electrons. The molecule has 0 aliphatic rings. The van der Waals surface area contributed by atoms with Gasteiger partial charge in [0.05, 0.1) is 10.0 Å². The predicted molar refractivity (Wildman–Crippen MR) is 81.9 cm³/mol. The van der Waals surface area contributed by atoms with Crippen molar-refractivity contribution in [1.82, 2.24) is 5.32 Å². The lowest BCUT2D eigenvalue weighted by molar-refractivity contribution is 0.430. The van der Waals surface area contributed by atoms with E-state index in [1.165, 1.54) is 12.8 Å². The van der Waals surface area contributed by atoms with E-state index in [1.54, 1.807) is 6.07 Å². The maximum absolute atomic E-state index is 6.14. The van der Waals surface area contributed by atoms with Gasteiger partial charge in [0.25, 0.3) is 0 Å². The number of alkyl halides is 1. The van der Waals surface area contributed by atoms with E-state index in [-0.39, 0.29) is 0 Å². The Labute approximate surface area is 125 Å². The summed E-state index contributed by atoms with van der Waals surface area (Å²) in [7, 11) is 0. The van der Waals surface area contributed by atoms with Crippen molar-refractivity contribution in [2.24, 2.45) is 5.92 Å². The fraction of sp³-hybridized carbons (Fsp3) is 0.571. The molecular formula is C14H20Cl3N. The predicted octanol–water partition coefficient (Wildman–Crippen LogP) is 5.13. The van der Waals surface area contributed by atoms with Crippen molar-refractivity contribution in [2.45, 2.75) is 32.7 Å². The lowest BCUT2D eigenvalue weighted by Gasteiger charge is -2.16. The van der Waals surface area contributed by atoms with Crippen LogP contribution in [0.25, 0.3) is 0 Å². The average Bonchev–Trinajstić information content (AvgIpc) is 2.35. The maximum Gasteiger partial charge on any atom is 0.0637 e. The molecule has 0 bridgehead atoms. The Morgan fingerprint density at radius 3 is 2.67 bits per heavy atom. The first-order chi connectivity index (χ1) is 8.69. The van der Waals surface area contributed by atoms with Crippen molar-refractivity contribution in [1.29, 1.82) is 0 Å². The minimum Gasteiger partial charge on any atom is -0.312 e. The van der Waals surface area contributed by atoms with Crippen LogP contribution in [0.3, 0.4) is 0 Å². The Balaban J connectivity index is 2.42. The minimum atomic E-state index is 0.613. The third-order valence-electron chi connectivity index (χ3n) is 2.99. The minimum absolute atomic E-state index is 0.613. The molecule has 0 fully saturated rings. The van der Waals surface area contributed by atoms with Crippen LogP contribution in [0.4, 0.5) is 0 Å². The summed E-state index contributed by atoms with van der Waals surface area (Å²) in [5.74, 6) is 1.37. The van der Waals surface area contributed by atoms with E-state index in [0.717, 1.165) is 31.0 Å². The van der Waals surface area contributed by atoms with Gasteiger partial charge in [-0.25, -0.2) is 0 Å². The Hall–Kier alpha value is 0.0500. The van der Waals surface area contributed by atoms with Crippen LogP contribution < -0.4 is 5.32 Å². The second-order valence-electron chi connectivity index (χ2n) is 4.48. The van der Waals surface area contributed by atoms with Gasteiger partial charge in [0.15, 0.2) is 0 Å². The van der Waals surface area contributed by atoms with Crippen molar-refractivity contribution in [2.75, 3.05) is 12.4 Å². The molecule has 0 amide bonds. The molecule has 102 valence electrons. The molecule has 1 rings (SSSR count). The highest BCUT2D eigenvalue weighted by Gasteiger charge is 2.08.